The topological polar surface area (TPSA) is 82.2 Å². The van der Waals surface area contributed by atoms with Gasteiger partial charge in [0.15, 0.2) is 11.0 Å². The van der Waals surface area contributed by atoms with E-state index in [0.29, 0.717) is 28.3 Å². The highest BCUT2D eigenvalue weighted by molar-refractivity contribution is 7.99. The summed E-state index contributed by atoms with van der Waals surface area (Å²) in [5.41, 5.74) is 0. The molecule has 0 bridgehead atoms. The Morgan fingerprint density at radius 3 is 2.81 bits per heavy atom. The van der Waals surface area contributed by atoms with Crippen LogP contribution in [0.15, 0.2) is 52.2 Å². The van der Waals surface area contributed by atoms with Crippen molar-refractivity contribution in [3.8, 4) is 5.75 Å². The van der Waals surface area contributed by atoms with Crippen molar-refractivity contribution in [3.63, 3.8) is 0 Å². The Morgan fingerprint density at radius 1 is 1.31 bits per heavy atom. The molecular formula is C17H17ClN4O3S. The smallest absolute Gasteiger partial charge is 0.230 e. The van der Waals surface area contributed by atoms with Crippen molar-refractivity contribution in [2.75, 3.05) is 12.8 Å². The molecule has 2 aromatic heterocycles. The quantitative estimate of drug-likeness (QED) is 0.593. The van der Waals surface area contributed by atoms with Crippen LogP contribution in [0.4, 0.5) is 0 Å². The zero-order valence-electron chi connectivity index (χ0n) is 14.0. The number of furan rings is 1. The lowest BCUT2D eigenvalue weighted by Crippen LogP contribution is -2.20. The molecule has 1 amide bonds. The third kappa shape index (κ3) is 4.80. The predicted octanol–water partition coefficient (Wildman–Crippen LogP) is 2.99. The van der Waals surface area contributed by atoms with Gasteiger partial charge >= 0.3 is 0 Å². The molecule has 7 nitrogen and oxygen atoms in total. The highest BCUT2D eigenvalue weighted by Gasteiger charge is 2.16. The van der Waals surface area contributed by atoms with Crippen molar-refractivity contribution in [1.82, 2.24) is 20.1 Å². The number of halogens is 1. The van der Waals surface area contributed by atoms with Crippen LogP contribution in [0, 0.1) is 0 Å². The standard InChI is InChI=1S/C17H17ClN4O3S/c1-19-16(23)11-26-17-21-20-15(22(17)9-14-3-2-8-24-14)10-25-13-6-4-12(18)5-7-13/h2-8H,9-11H2,1H3,(H,19,23). The Hall–Kier alpha value is -2.45. The van der Waals surface area contributed by atoms with Crippen molar-refractivity contribution in [1.29, 1.82) is 0 Å². The summed E-state index contributed by atoms with van der Waals surface area (Å²) in [7, 11) is 1.60. The number of nitrogens with one attached hydrogen (secondary N) is 1. The van der Waals surface area contributed by atoms with Gasteiger partial charge in [0.2, 0.25) is 5.91 Å². The van der Waals surface area contributed by atoms with Crippen molar-refractivity contribution >= 4 is 29.3 Å². The maximum Gasteiger partial charge on any atom is 0.230 e. The number of carbonyl (C=O) groups is 1. The Balaban J connectivity index is 1.75. The molecule has 2 heterocycles. The van der Waals surface area contributed by atoms with Gasteiger partial charge in [-0.15, -0.1) is 10.2 Å². The first kappa shape index (κ1) is 18.3. The van der Waals surface area contributed by atoms with E-state index in [1.54, 1.807) is 37.6 Å². The minimum absolute atomic E-state index is 0.0819. The molecule has 0 aliphatic heterocycles. The van der Waals surface area contributed by atoms with E-state index in [1.165, 1.54) is 11.8 Å². The van der Waals surface area contributed by atoms with Gasteiger partial charge in [0.1, 0.15) is 18.1 Å². The Bertz CT molecular complexity index is 850. The van der Waals surface area contributed by atoms with Crippen LogP contribution in [-0.2, 0) is 17.9 Å². The van der Waals surface area contributed by atoms with E-state index in [0.717, 1.165) is 5.76 Å². The van der Waals surface area contributed by atoms with Crippen LogP contribution in [0.25, 0.3) is 0 Å². The molecule has 26 heavy (non-hydrogen) atoms. The zero-order chi connectivity index (χ0) is 18.4. The lowest BCUT2D eigenvalue weighted by atomic mass is 10.3. The van der Waals surface area contributed by atoms with Crippen LogP contribution >= 0.6 is 23.4 Å². The SMILES string of the molecule is CNC(=O)CSc1nnc(COc2ccc(Cl)cc2)n1Cc1ccco1. The fourth-order valence-corrected chi connectivity index (χ4v) is 3.09. The predicted molar refractivity (Wildman–Crippen MR) is 98.4 cm³/mol. The number of hydrogen-bond donors (Lipinski definition) is 1. The minimum atomic E-state index is -0.0819. The summed E-state index contributed by atoms with van der Waals surface area (Å²) in [6.45, 7) is 0.686. The highest BCUT2D eigenvalue weighted by atomic mass is 35.5. The number of amides is 1. The van der Waals surface area contributed by atoms with Crippen molar-refractivity contribution < 1.29 is 13.9 Å². The maximum absolute atomic E-state index is 11.5. The summed E-state index contributed by atoms with van der Waals surface area (Å²) < 4.78 is 13.1. The number of aromatic nitrogens is 3. The average Bonchev–Trinajstić information content (AvgIpc) is 3.30. The molecule has 9 heteroatoms. The molecule has 0 atom stereocenters. The van der Waals surface area contributed by atoms with Gasteiger partial charge in [-0.05, 0) is 36.4 Å². The molecule has 0 unspecified atom stereocenters. The number of rotatable bonds is 8. The summed E-state index contributed by atoms with van der Waals surface area (Å²) in [4.78, 5) is 11.5. The molecule has 0 saturated heterocycles. The molecule has 3 rings (SSSR count). The molecule has 3 aromatic rings. The van der Waals surface area contributed by atoms with Gasteiger partial charge in [-0.3, -0.25) is 9.36 Å². The first-order valence-electron chi connectivity index (χ1n) is 7.82. The Kier molecular flexibility index (Phi) is 6.19. The van der Waals surface area contributed by atoms with Crippen molar-refractivity contribution in [2.24, 2.45) is 0 Å². The van der Waals surface area contributed by atoms with Crippen LogP contribution in [0.3, 0.4) is 0 Å². The van der Waals surface area contributed by atoms with Crippen molar-refractivity contribution in [3.05, 3.63) is 59.3 Å². The van der Waals surface area contributed by atoms with Crippen LogP contribution in [0.1, 0.15) is 11.6 Å². The summed E-state index contributed by atoms with van der Waals surface area (Å²) in [6.07, 6.45) is 1.61. The van der Waals surface area contributed by atoms with E-state index >= 15 is 0 Å². The van der Waals surface area contributed by atoms with E-state index in [2.05, 4.69) is 15.5 Å². The summed E-state index contributed by atoms with van der Waals surface area (Å²) in [5, 5.41) is 12.2. The normalized spacial score (nSPS) is 10.7. The molecule has 0 aliphatic rings. The maximum atomic E-state index is 11.5. The fourth-order valence-electron chi connectivity index (χ4n) is 2.13. The molecule has 0 saturated carbocycles. The Morgan fingerprint density at radius 2 is 2.12 bits per heavy atom. The average molecular weight is 393 g/mol. The van der Waals surface area contributed by atoms with Gasteiger partial charge in [0, 0.05) is 12.1 Å². The van der Waals surface area contributed by atoms with Crippen LogP contribution in [0.2, 0.25) is 5.02 Å². The first-order chi connectivity index (χ1) is 12.7. The minimum Gasteiger partial charge on any atom is -0.486 e. The summed E-state index contributed by atoms with van der Waals surface area (Å²) in [5.74, 6) is 2.25. The monoisotopic (exact) mass is 392 g/mol. The van der Waals surface area contributed by atoms with Crippen LogP contribution in [0.5, 0.6) is 5.75 Å². The van der Waals surface area contributed by atoms with E-state index in [9.17, 15) is 4.79 Å². The fraction of sp³-hybridized carbons (Fsp3) is 0.235. The van der Waals surface area contributed by atoms with Gasteiger partial charge < -0.3 is 14.5 Å². The Labute approximate surface area is 159 Å². The molecule has 0 aliphatic carbocycles. The number of nitrogens with zero attached hydrogens (tertiary/aromatic N) is 3. The molecule has 0 spiro atoms. The zero-order valence-corrected chi connectivity index (χ0v) is 15.6. The number of ether oxygens (including phenoxy) is 1. The number of thioether (sulfide) groups is 1. The van der Waals surface area contributed by atoms with Crippen molar-refractivity contribution in [2.45, 2.75) is 18.3 Å². The molecule has 0 fully saturated rings. The largest absolute Gasteiger partial charge is 0.486 e. The third-order valence-corrected chi connectivity index (χ3v) is 4.70. The van der Waals surface area contributed by atoms with Crippen LogP contribution in [-0.4, -0.2) is 33.5 Å². The molecule has 0 radical (unpaired) electrons. The molecule has 1 N–H and O–H groups in total. The van der Waals surface area contributed by atoms with Gasteiger partial charge in [0.25, 0.3) is 0 Å². The van der Waals surface area contributed by atoms with Gasteiger partial charge in [0.05, 0.1) is 18.6 Å². The number of benzene rings is 1. The lowest BCUT2D eigenvalue weighted by molar-refractivity contribution is -0.118. The summed E-state index contributed by atoms with van der Waals surface area (Å²) >= 11 is 7.19. The van der Waals surface area contributed by atoms with Crippen LogP contribution < -0.4 is 10.1 Å². The molecular weight excluding hydrogens is 376 g/mol. The lowest BCUT2D eigenvalue weighted by Gasteiger charge is -2.10. The molecule has 136 valence electrons. The molecule has 1 aromatic carbocycles. The van der Waals surface area contributed by atoms with E-state index in [4.69, 9.17) is 20.8 Å². The second kappa shape index (κ2) is 8.77. The van der Waals surface area contributed by atoms with E-state index in [1.807, 2.05) is 16.7 Å². The highest BCUT2D eigenvalue weighted by Crippen LogP contribution is 2.21. The van der Waals surface area contributed by atoms with E-state index < -0.39 is 0 Å². The van der Waals surface area contributed by atoms with Gasteiger partial charge in [-0.1, -0.05) is 23.4 Å². The third-order valence-electron chi connectivity index (χ3n) is 3.48. The van der Waals surface area contributed by atoms with Gasteiger partial charge in [-0.2, -0.15) is 0 Å². The second-order valence-corrected chi connectivity index (χ2v) is 6.65. The number of carbonyl (C=O) groups excluding carboxylic acids is 1. The second-order valence-electron chi connectivity index (χ2n) is 5.27. The first-order valence-corrected chi connectivity index (χ1v) is 9.18. The number of hydrogen-bond acceptors (Lipinski definition) is 6. The summed E-state index contributed by atoms with van der Waals surface area (Å²) in [6, 6.07) is 10.8. The van der Waals surface area contributed by atoms with E-state index in [-0.39, 0.29) is 18.3 Å². The van der Waals surface area contributed by atoms with Gasteiger partial charge in [-0.25, -0.2) is 0 Å².